The Balaban J connectivity index is 1.61. The van der Waals surface area contributed by atoms with Crippen LogP contribution in [0.4, 0.5) is 4.39 Å². The van der Waals surface area contributed by atoms with Gasteiger partial charge in [-0.25, -0.2) is 4.39 Å². The molecule has 0 spiro atoms. The van der Waals surface area contributed by atoms with Gasteiger partial charge >= 0.3 is 0 Å². The van der Waals surface area contributed by atoms with Crippen LogP contribution >= 0.6 is 11.6 Å². The summed E-state index contributed by atoms with van der Waals surface area (Å²) in [6.45, 7) is 1.42. The second-order valence-electron chi connectivity index (χ2n) is 9.04. The van der Waals surface area contributed by atoms with E-state index in [-0.39, 0.29) is 33.4 Å². The fraction of sp³-hybridized carbons (Fsp3) is 0.179. The van der Waals surface area contributed by atoms with Crippen molar-refractivity contribution in [1.82, 2.24) is 10.6 Å². The number of hydrogen-bond acceptors (Lipinski definition) is 5. The Morgan fingerprint density at radius 3 is 2.30 bits per heavy atom. The van der Waals surface area contributed by atoms with Gasteiger partial charge in [0.2, 0.25) is 0 Å². The summed E-state index contributed by atoms with van der Waals surface area (Å²) in [6.07, 6.45) is 1.09. The number of halogens is 2. The molecule has 0 radical (unpaired) electrons. The molecule has 1 aliphatic carbocycles. The van der Waals surface area contributed by atoms with Crippen LogP contribution in [0.1, 0.15) is 40.5 Å². The molecule has 3 aromatic carbocycles. The van der Waals surface area contributed by atoms with Crippen molar-refractivity contribution in [3.05, 3.63) is 76.6 Å². The van der Waals surface area contributed by atoms with Gasteiger partial charge in [0, 0.05) is 23.6 Å². The average Bonchev–Trinajstić information content (AvgIpc) is 3.56. The Hall–Kier alpha value is -4.17. The number of amides is 2. The molecule has 1 aliphatic rings. The second-order valence-corrected chi connectivity index (χ2v) is 9.45. The van der Waals surface area contributed by atoms with Crippen LogP contribution in [0.3, 0.4) is 0 Å². The number of phenolic OH excluding ortho intramolecular Hbond substituents is 1. The maximum atomic E-state index is 13.5. The Bertz CT molecular complexity index is 1590. The third-order valence-corrected chi connectivity index (χ3v) is 6.98. The van der Waals surface area contributed by atoms with Crippen molar-refractivity contribution in [2.24, 2.45) is 0 Å². The highest BCUT2D eigenvalue weighted by molar-refractivity contribution is 6.34. The number of hydrogen-bond donors (Lipinski definition) is 3. The van der Waals surface area contributed by atoms with Gasteiger partial charge in [-0.2, -0.15) is 0 Å². The van der Waals surface area contributed by atoms with Crippen LogP contribution in [-0.4, -0.2) is 35.3 Å². The van der Waals surface area contributed by atoms with E-state index >= 15 is 0 Å². The second kappa shape index (κ2) is 9.05. The highest BCUT2D eigenvalue weighted by Crippen LogP contribution is 2.40. The summed E-state index contributed by atoms with van der Waals surface area (Å²) in [6, 6.07) is 13.4. The third kappa shape index (κ3) is 4.34. The van der Waals surface area contributed by atoms with Crippen molar-refractivity contribution in [1.29, 1.82) is 0 Å². The molecule has 0 aliphatic heterocycles. The molecule has 37 heavy (non-hydrogen) atoms. The summed E-state index contributed by atoms with van der Waals surface area (Å²) in [5.41, 5.74) is 1.29. The number of rotatable bonds is 6. The van der Waals surface area contributed by atoms with Crippen LogP contribution in [0, 0.1) is 5.82 Å². The smallest absolute Gasteiger partial charge is 0.255 e. The number of Topliss-reactive ketones (excluding diaryl/α,β-unsaturated/α-hetero) is 1. The first-order chi connectivity index (χ1) is 17.6. The molecule has 1 saturated carbocycles. The lowest BCUT2D eigenvalue weighted by molar-refractivity contribution is -0.119. The molecule has 0 bridgehead atoms. The molecule has 0 unspecified atom stereocenters. The Morgan fingerprint density at radius 1 is 1.00 bits per heavy atom. The molecule has 0 atom stereocenters. The van der Waals surface area contributed by atoms with Crippen molar-refractivity contribution in [2.45, 2.75) is 25.3 Å². The predicted molar refractivity (Wildman–Crippen MR) is 137 cm³/mol. The molecule has 1 heterocycles. The van der Waals surface area contributed by atoms with E-state index in [1.54, 1.807) is 18.2 Å². The molecule has 5 rings (SSSR count). The molecule has 1 fully saturated rings. The van der Waals surface area contributed by atoms with Gasteiger partial charge < -0.3 is 20.2 Å². The van der Waals surface area contributed by atoms with Crippen LogP contribution in [0.5, 0.6) is 5.75 Å². The molecule has 7 nitrogen and oxygen atoms in total. The molecule has 188 valence electrons. The fourth-order valence-corrected chi connectivity index (χ4v) is 4.63. The van der Waals surface area contributed by atoms with Gasteiger partial charge in [-0.1, -0.05) is 17.7 Å². The lowest BCUT2D eigenvalue weighted by Gasteiger charge is -2.16. The van der Waals surface area contributed by atoms with E-state index < -0.39 is 23.2 Å². The standard InChI is InChI=1S/C28H22ClFN2O5/c1-14(33)28(9-10-28)32-26(35)19-12-18(21(29)13-22(19)34)16-5-8-23-20(11-16)24(27(36)31-2)25(37-23)15-3-6-17(30)7-4-15/h3-8,11-13,34H,9-10H2,1-2H3,(H,31,36)(H,32,35). The lowest BCUT2D eigenvalue weighted by Crippen LogP contribution is -2.42. The van der Waals surface area contributed by atoms with E-state index in [0.717, 1.165) is 0 Å². The summed E-state index contributed by atoms with van der Waals surface area (Å²) in [4.78, 5) is 37.7. The van der Waals surface area contributed by atoms with Gasteiger partial charge in [-0.15, -0.1) is 0 Å². The number of phenols is 1. The zero-order valence-corrected chi connectivity index (χ0v) is 20.7. The molecular formula is C28H22ClFN2O5. The van der Waals surface area contributed by atoms with E-state index in [0.29, 0.717) is 40.5 Å². The number of carbonyl (C=O) groups excluding carboxylic acids is 3. The van der Waals surface area contributed by atoms with Gasteiger partial charge in [0.25, 0.3) is 11.8 Å². The Morgan fingerprint density at radius 2 is 1.68 bits per heavy atom. The maximum Gasteiger partial charge on any atom is 0.255 e. The van der Waals surface area contributed by atoms with Crippen LogP contribution in [0.2, 0.25) is 5.02 Å². The van der Waals surface area contributed by atoms with Gasteiger partial charge in [-0.3, -0.25) is 14.4 Å². The minimum atomic E-state index is -0.891. The Labute approximate surface area is 216 Å². The van der Waals surface area contributed by atoms with Crippen molar-refractivity contribution < 1.29 is 28.3 Å². The van der Waals surface area contributed by atoms with Crippen LogP contribution in [0.15, 0.2) is 59.0 Å². The quantitative estimate of drug-likeness (QED) is 0.312. The van der Waals surface area contributed by atoms with Gasteiger partial charge in [-0.05, 0) is 73.9 Å². The third-order valence-electron chi connectivity index (χ3n) is 6.67. The SMILES string of the molecule is CNC(=O)c1c(-c2ccc(F)cc2)oc2ccc(-c3cc(C(=O)NC4(C(C)=O)CC4)c(O)cc3Cl)cc12. The van der Waals surface area contributed by atoms with Crippen LogP contribution < -0.4 is 10.6 Å². The zero-order valence-electron chi connectivity index (χ0n) is 19.9. The van der Waals surface area contributed by atoms with Gasteiger partial charge in [0.1, 0.15) is 22.9 Å². The molecule has 0 saturated heterocycles. The van der Waals surface area contributed by atoms with E-state index in [1.165, 1.54) is 50.4 Å². The van der Waals surface area contributed by atoms with Crippen molar-refractivity contribution >= 4 is 40.2 Å². The molecule has 9 heteroatoms. The zero-order chi connectivity index (χ0) is 26.5. The number of ketones is 1. The summed E-state index contributed by atoms with van der Waals surface area (Å²) in [7, 11) is 1.49. The summed E-state index contributed by atoms with van der Waals surface area (Å²) < 4.78 is 19.5. The Kier molecular flexibility index (Phi) is 6.00. The average molecular weight is 521 g/mol. The fourth-order valence-electron chi connectivity index (χ4n) is 4.36. The highest BCUT2D eigenvalue weighted by atomic mass is 35.5. The lowest BCUT2D eigenvalue weighted by atomic mass is 9.98. The first-order valence-electron chi connectivity index (χ1n) is 11.5. The maximum absolute atomic E-state index is 13.5. The molecule has 2 amide bonds. The van der Waals surface area contributed by atoms with Crippen molar-refractivity contribution in [3.63, 3.8) is 0 Å². The topological polar surface area (TPSA) is 109 Å². The number of aromatic hydroxyl groups is 1. The summed E-state index contributed by atoms with van der Waals surface area (Å²) >= 11 is 6.45. The molecule has 4 aromatic rings. The minimum Gasteiger partial charge on any atom is -0.507 e. The monoisotopic (exact) mass is 520 g/mol. The van der Waals surface area contributed by atoms with E-state index in [4.69, 9.17) is 16.0 Å². The minimum absolute atomic E-state index is 0.0299. The first-order valence-corrected chi connectivity index (χ1v) is 11.9. The number of furan rings is 1. The molecular weight excluding hydrogens is 499 g/mol. The van der Waals surface area contributed by atoms with E-state index in [2.05, 4.69) is 10.6 Å². The largest absolute Gasteiger partial charge is 0.507 e. The first kappa shape index (κ1) is 24.5. The summed E-state index contributed by atoms with van der Waals surface area (Å²) in [5.74, 6) is -1.58. The van der Waals surface area contributed by atoms with E-state index in [9.17, 15) is 23.9 Å². The normalized spacial score (nSPS) is 13.8. The number of nitrogens with one attached hydrogen (secondary N) is 2. The summed E-state index contributed by atoms with van der Waals surface area (Å²) in [5, 5.41) is 16.4. The van der Waals surface area contributed by atoms with Gasteiger partial charge in [0.05, 0.1) is 21.7 Å². The van der Waals surface area contributed by atoms with E-state index in [1.807, 2.05) is 0 Å². The van der Waals surface area contributed by atoms with Gasteiger partial charge in [0.15, 0.2) is 5.78 Å². The number of fused-ring (bicyclic) bond motifs is 1. The highest BCUT2D eigenvalue weighted by Gasteiger charge is 2.48. The van der Waals surface area contributed by atoms with Crippen molar-refractivity contribution in [2.75, 3.05) is 7.05 Å². The predicted octanol–water partition coefficient (Wildman–Crippen LogP) is 5.48. The van der Waals surface area contributed by atoms with Crippen LogP contribution in [-0.2, 0) is 4.79 Å². The number of carbonyl (C=O) groups is 3. The molecule has 3 N–H and O–H groups in total. The number of benzene rings is 3. The van der Waals surface area contributed by atoms with Crippen LogP contribution in [0.25, 0.3) is 33.4 Å². The molecule has 1 aromatic heterocycles. The van der Waals surface area contributed by atoms with Crippen molar-refractivity contribution in [3.8, 4) is 28.2 Å².